The van der Waals surface area contributed by atoms with E-state index in [9.17, 15) is 4.79 Å². The van der Waals surface area contributed by atoms with Crippen molar-refractivity contribution in [1.29, 1.82) is 0 Å². The van der Waals surface area contributed by atoms with Crippen LogP contribution in [0.25, 0.3) is 5.00 Å². The lowest BCUT2D eigenvalue weighted by atomic mass is 9.99. The summed E-state index contributed by atoms with van der Waals surface area (Å²) in [4.78, 5) is 18.8. The first-order valence-corrected chi connectivity index (χ1v) is 10.4. The number of thiophene rings is 1. The van der Waals surface area contributed by atoms with Crippen molar-refractivity contribution >= 4 is 34.4 Å². The van der Waals surface area contributed by atoms with Crippen LogP contribution in [0.4, 0.5) is 0 Å². The molecule has 2 aliphatic rings. The molecule has 0 unspecified atom stereocenters. The number of hydrogen-bond acceptors (Lipinski definition) is 5. The number of carbonyl (C=O) groups is 1. The summed E-state index contributed by atoms with van der Waals surface area (Å²) in [6.45, 7) is 7.85. The van der Waals surface area contributed by atoms with Crippen LogP contribution >= 0.6 is 22.9 Å². The molecule has 0 bridgehead atoms. The van der Waals surface area contributed by atoms with E-state index in [2.05, 4.69) is 28.6 Å². The Kier molecular flexibility index (Phi) is 3.71. The maximum atomic E-state index is 12.3. The number of halogens is 1. The second-order valence-electron chi connectivity index (χ2n) is 7.63. The number of carbonyl (C=O) groups excluding carboxylic acids is 1. The Labute approximate surface area is 172 Å². The summed E-state index contributed by atoms with van der Waals surface area (Å²) in [6, 6.07) is 7.75. The largest absolute Gasteiger partial charge is 0.300 e. The third-order valence-corrected chi connectivity index (χ3v) is 7.31. The highest BCUT2D eigenvalue weighted by atomic mass is 35.5. The molecule has 1 aromatic carbocycles. The lowest BCUT2D eigenvalue weighted by Gasteiger charge is -2.12. The van der Waals surface area contributed by atoms with E-state index in [-0.39, 0.29) is 11.7 Å². The van der Waals surface area contributed by atoms with Gasteiger partial charge in [-0.25, -0.2) is 0 Å². The standard InChI is InChI=1S/C21H19ClN4OS/c1-10-12(3)28-19-17(10)18(14-5-7-15(22)8-6-14)23-21(9-16(21)11(2)27)20-25-24-13(4)26(19)20/h5-8,16H,9H2,1-4H3/t16-,21-/m0/s1. The molecular weight excluding hydrogens is 392 g/mol. The summed E-state index contributed by atoms with van der Waals surface area (Å²) in [7, 11) is 0. The van der Waals surface area contributed by atoms with Crippen molar-refractivity contribution in [1.82, 2.24) is 14.8 Å². The van der Waals surface area contributed by atoms with Crippen LogP contribution in [0.3, 0.4) is 0 Å². The van der Waals surface area contributed by atoms with E-state index in [1.54, 1.807) is 18.3 Å². The average molecular weight is 411 g/mol. The Morgan fingerprint density at radius 2 is 1.93 bits per heavy atom. The molecule has 1 fully saturated rings. The molecule has 1 spiro atoms. The number of aryl methyl sites for hydroxylation is 2. The van der Waals surface area contributed by atoms with E-state index in [4.69, 9.17) is 16.6 Å². The van der Waals surface area contributed by atoms with Gasteiger partial charge in [0, 0.05) is 21.0 Å². The van der Waals surface area contributed by atoms with Crippen molar-refractivity contribution in [3.63, 3.8) is 0 Å². The van der Waals surface area contributed by atoms with E-state index >= 15 is 0 Å². The number of aliphatic imine (C=N–C) groups is 1. The minimum atomic E-state index is -0.638. The van der Waals surface area contributed by atoms with Crippen LogP contribution in [0, 0.1) is 26.7 Å². The highest BCUT2D eigenvalue weighted by Crippen LogP contribution is 2.58. The number of rotatable bonds is 2. The number of Topliss-reactive ketones (excluding diaryl/α,β-unsaturated/α-hetero) is 1. The Morgan fingerprint density at radius 1 is 1.21 bits per heavy atom. The molecule has 2 atom stereocenters. The van der Waals surface area contributed by atoms with E-state index in [1.165, 1.54) is 10.4 Å². The highest BCUT2D eigenvalue weighted by Gasteiger charge is 2.63. The van der Waals surface area contributed by atoms with Crippen LogP contribution < -0.4 is 0 Å². The van der Waals surface area contributed by atoms with Gasteiger partial charge < -0.3 is 0 Å². The molecule has 3 aromatic rings. The van der Waals surface area contributed by atoms with Gasteiger partial charge in [-0.15, -0.1) is 21.5 Å². The maximum absolute atomic E-state index is 12.3. The molecular formula is C21H19ClN4OS. The fourth-order valence-corrected chi connectivity index (χ4v) is 5.49. The molecule has 1 saturated carbocycles. The molecule has 7 heteroatoms. The summed E-state index contributed by atoms with van der Waals surface area (Å²) in [5, 5.41) is 10.6. The molecule has 0 amide bonds. The van der Waals surface area contributed by atoms with Crippen molar-refractivity contribution in [3.8, 4) is 5.00 Å². The lowest BCUT2D eigenvalue weighted by Crippen LogP contribution is -2.17. The molecule has 1 aliphatic heterocycles. The van der Waals surface area contributed by atoms with E-state index in [0.29, 0.717) is 11.4 Å². The molecule has 28 heavy (non-hydrogen) atoms. The topological polar surface area (TPSA) is 60.1 Å². The maximum Gasteiger partial charge on any atom is 0.167 e. The predicted octanol–water partition coefficient (Wildman–Crippen LogP) is 4.56. The monoisotopic (exact) mass is 410 g/mol. The first kappa shape index (κ1) is 17.8. The third kappa shape index (κ3) is 2.31. The summed E-state index contributed by atoms with van der Waals surface area (Å²) in [6.07, 6.45) is 0.671. The van der Waals surface area contributed by atoms with Crippen LogP contribution in [-0.2, 0) is 10.3 Å². The van der Waals surface area contributed by atoms with Crippen molar-refractivity contribution in [3.05, 3.63) is 62.5 Å². The molecule has 0 radical (unpaired) electrons. The number of nitrogens with zero attached hydrogens (tertiary/aromatic N) is 4. The Bertz CT molecular complexity index is 1170. The second kappa shape index (κ2) is 5.84. The Hall–Kier alpha value is -2.31. The van der Waals surface area contributed by atoms with Crippen molar-refractivity contribution < 1.29 is 4.79 Å². The summed E-state index contributed by atoms with van der Waals surface area (Å²) in [5.41, 5.74) is 3.56. The summed E-state index contributed by atoms with van der Waals surface area (Å²) < 4.78 is 2.11. The fraction of sp³-hybridized carbons (Fsp3) is 0.333. The third-order valence-electron chi connectivity index (χ3n) is 5.87. The quantitative estimate of drug-likeness (QED) is 0.622. The van der Waals surface area contributed by atoms with Crippen LogP contribution in [-0.4, -0.2) is 26.3 Å². The Morgan fingerprint density at radius 3 is 2.57 bits per heavy atom. The molecule has 0 saturated heterocycles. The van der Waals surface area contributed by atoms with Gasteiger partial charge in [0.15, 0.2) is 5.82 Å². The van der Waals surface area contributed by atoms with E-state index < -0.39 is 5.54 Å². The average Bonchev–Trinajstić information content (AvgIpc) is 3.19. The molecule has 142 valence electrons. The van der Waals surface area contributed by atoms with Gasteiger partial charge in [0.1, 0.15) is 22.1 Å². The zero-order valence-electron chi connectivity index (χ0n) is 16.1. The van der Waals surface area contributed by atoms with Crippen LogP contribution in [0.1, 0.15) is 46.6 Å². The first-order chi connectivity index (χ1) is 13.3. The SMILES string of the molecule is CC(=O)[C@@H]1C[C@]12N=C(c1ccc(Cl)cc1)c1c(sc(C)c1C)-n1c(C)nnc12. The van der Waals surface area contributed by atoms with Crippen LogP contribution in [0.5, 0.6) is 0 Å². The molecule has 2 aromatic heterocycles. The molecule has 5 rings (SSSR count). The van der Waals surface area contributed by atoms with E-state index in [1.807, 2.05) is 31.2 Å². The number of hydrogen-bond donors (Lipinski definition) is 0. The van der Waals surface area contributed by atoms with Gasteiger partial charge in [-0.05, 0) is 51.8 Å². The normalized spacial score (nSPS) is 22.5. The number of fused-ring (bicyclic) bond motifs is 4. The predicted molar refractivity (Wildman–Crippen MR) is 111 cm³/mol. The lowest BCUT2D eigenvalue weighted by molar-refractivity contribution is -0.118. The van der Waals surface area contributed by atoms with Gasteiger partial charge in [-0.2, -0.15) is 0 Å². The van der Waals surface area contributed by atoms with E-state index in [0.717, 1.165) is 33.5 Å². The number of ketones is 1. The zero-order valence-corrected chi connectivity index (χ0v) is 17.6. The van der Waals surface area contributed by atoms with Crippen molar-refractivity contribution in [2.45, 2.75) is 39.7 Å². The second-order valence-corrected chi connectivity index (χ2v) is 9.27. The van der Waals surface area contributed by atoms with Crippen molar-refractivity contribution in [2.24, 2.45) is 10.9 Å². The molecule has 1 aliphatic carbocycles. The molecule has 5 nitrogen and oxygen atoms in total. The smallest absolute Gasteiger partial charge is 0.167 e. The van der Waals surface area contributed by atoms with Crippen molar-refractivity contribution in [2.75, 3.05) is 0 Å². The zero-order chi connectivity index (χ0) is 19.8. The minimum absolute atomic E-state index is 0.143. The summed E-state index contributed by atoms with van der Waals surface area (Å²) >= 11 is 7.85. The minimum Gasteiger partial charge on any atom is -0.300 e. The fourth-order valence-electron chi connectivity index (χ4n) is 4.16. The first-order valence-electron chi connectivity index (χ1n) is 9.23. The Balaban J connectivity index is 1.86. The van der Waals surface area contributed by atoms with Gasteiger partial charge in [0.25, 0.3) is 0 Å². The van der Waals surface area contributed by atoms with Gasteiger partial charge in [0.2, 0.25) is 0 Å². The summed E-state index contributed by atoms with van der Waals surface area (Å²) in [5.74, 6) is 1.58. The number of aromatic nitrogens is 3. The van der Waals surface area contributed by atoms with Gasteiger partial charge in [-0.1, -0.05) is 23.7 Å². The van der Waals surface area contributed by atoms with Gasteiger partial charge in [-0.3, -0.25) is 14.4 Å². The molecule has 3 heterocycles. The van der Waals surface area contributed by atoms with Gasteiger partial charge >= 0.3 is 0 Å². The van der Waals surface area contributed by atoms with Crippen LogP contribution in [0.15, 0.2) is 29.3 Å². The van der Waals surface area contributed by atoms with Crippen LogP contribution in [0.2, 0.25) is 5.02 Å². The van der Waals surface area contributed by atoms with Gasteiger partial charge in [0.05, 0.1) is 11.6 Å². The molecule has 0 N–H and O–H groups in total. The number of benzene rings is 1. The highest BCUT2D eigenvalue weighted by molar-refractivity contribution is 7.15.